The predicted molar refractivity (Wildman–Crippen MR) is 196 cm³/mol. The van der Waals surface area contributed by atoms with E-state index in [1.54, 1.807) is 23.9 Å². The van der Waals surface area contributed by atoms with Gasteiger partial charge in [0.15, 0.2) is 0 Å². The molecular weight excluding hydrogens is 675 g/mol. The minimum atomic E-state index is -0.123. The van der Waals surface area contributed by atoms with Crippen LogP contribution in [0, 0.1) is 0 Å². The van der Waals surface area contributed by atoms with Crippen LogP contribution in [0.1, 0.15) is 36.8 Å². The first kappa shape index (κ1) is 34.1. The van der Waals surface area contributed by atoms with E-state index in [9.17, 15) is 14.7 Å². The summed E-state index contributed by atoms with van der Waals surface area (Å²) >= 11 is 14.2. The van der Waals surface area contributed by atoms with E-state index in [4.69, 9.17) is 32.9 Å². The number of carbonyl (C=O) groups excluding carboxylic acids is 1. The SMILES string of the molecule is COc1nc(-c2cccc(-c3cccc(-c4ccn5c(=O)c(CN6CCCC6CO)cnc5c4)c3Cl)c2Cl)ccc1CNC[C@@H]1CCC(=O)N1. The summed E-state index contributed by atoms with van der Waals surface area (Å²) in [6, 6.07) is 19.4. The number of pyridine rings is 2. The summed E-state index contributed by atoms with van der Waals surface area (Å²) in [6.07, 6.45) is 6.71. The minimum absolute atomic E-state index is 0.0766. The number of rotatable bonds is 11. The first-order valence-electron chi connectivity index (χ1n) is 16.8. The number of hydrogen-bond donors (Lipinski definition) is 3. The Morgan fingerprint density at radius 1 is 0.980 bits per heavy atom. The molecule has 0 saturated carbocycles. The Bertz CT molecular complexity index is 2120. The second-order valence-electron chi connectivity index (χ2n) is 12.8. The Hall–Kier alpha value is -4.32. The van der Waals surface area contributed by atoms with Crippen LogP contribution in [0.2, 0.25) is 10.0 Å². The molecule has 0 spiro atoms. The molecule has 0 aliphatic carbocycles. The molecule has 3 aromatic heterocycles. The van der Waals surface area contributed by atoms with Crippen molar-refractivity contribution in [2.45, 2.75) is 50.9 Å². The van der Waals surface area contributed by atoms with Crippen LogP contribution in [0.4, 0.5) is 0 Å². The van der Waals surface area contributed by atoms with Crippen LogP contribution in [0.3, 0.4) is 0 Å². The number of carbonyl (C=O) groups is 1. The summed E-state index contributed by atoms with van der Waals surface area (Å²) in [5.74, 6) is 0.589. The second kappa shape index (κ2) is 14.9. The number of aliphatic hydroxyl groups excluding tert-OH is 1. The molecule has 10 nitrogen and oxygen atoms in total. The maximum atomic E-state index is 13.4. The maximum Gasteiger partial charge on any atom is 0.262 e. The number of ether oxygens (including phenoxy) is 1. The molecule has 0 radical (unpaired) electrons. The van der Waals surface area contributed by atoms with E-state index in [0.29, 0.717) is 58.9 Å². The van der Waals surface area contributed by atoms with Crippen molar-refractivity contribution >= 4 is 34.8 Å². The first-order chi connectivity index (χ1) is 24.3. The number of amides is 1. The average Bonchev–Trinajstić information content (AvgIpc) is 3.77. The largest absolute Gasteiger partial charge is 0.481 e. The van der Waals surface area contributed by atoms with Crippen LogP contribution < -0.4 is 20.9 Å². The summed E-state index contributed by atoms with van der Waals surface area (Å²) in [5.41, 5.74) is 6.39. The van der Waals surface area contributed by atoms with Crippen molar-refractivity contribution in [1.82, 2.24) is 29.9 Å². The van der Waals surface area contributed by atoms with Crippen LogP contribution in [0.25, 0.3) is 39.2 Å². The van der Waals surface area contributed by atoms with Crippen molar-refractivity contribution < 1.29 is 14.6 Å². The molecule has 2 aromatic carbocycles. The number of methoxy groups -OCH3 is 1. The number of nitrogens with one attached hydrogen (secondary N) is 2. The normalized spacial score (nSPS) is 17.8. The van der Waals surface area contributed by atoms with Gasteiger partial charge in [-0.25, -0.2) is 9.97 Å². The molecule has 7 rings (SSSR count). The fourth-order valence-electron chi connectivity index (χ4n) is 6.96. The lowest BCUT2D eigenvalue weighted by Gasteiger charge is -2.22. The summed E-state index contributed by atoms with van der Waals surface area (Å²) in [4.78, 5) is 36.4. The van der Waals surface area contributed by atoms with Crippen molar-refractivity contribution in [1.29, 1.82) is 0 Å². The Morgan fingerprint density at radius 3 is 2.48 bits per heavy atom. The molecule has 0 bridgehead atoms. The summed E-state index contributed by atoms with van der Waals surface area (Å²) in [5, 5.41) is 17.1. The molecule has 12 heteroatoms. The van der Waals surface area contributed by atoms with Crippen molar-refractivity contribution in [3.05, 3.63) is 105 Å². The van der Waals surface area contributed by atoms with Gasteiger partial charge >= 0.3 is 0 Å². The van der Waals surface area contributed by atoms with E-state index in [0.717, 1.165) is 59.2 Å². The molecule has 2 saturated heterocycles. The Kier molecular flexibility index (Phi) is 10.2. The molecule has 3 N–H and O–H groups in total. The summed E-state index contributed by atoms with van der Waals surface area (Å²) in [6.45, 7) is 2.62. The standard InChI is InChI=1S/C38H38Cl2N6O4/c1-50-37-24(18-41-20-26-11-13-34(48)43-26)10-12-32(44-37)31-9-3-8-30(36(31)40)29-7-2-6-28(35(29)39)23-14-16-46-33(17-23)42-19-25(38(46)49)21-45-15-4-5-27(45)22-47/h2-3,6-10,12,14,16-17,19,26-27,41,47H,4-5,11,13,15,18,20-22H2,1H3,(H,43,48)/t26-,27?/m0/s1. The van der Waals surface area contributed by atoms with Crippen molar-refractivity contribution in [2.75, 3.05) is 26.8 Å². The summed E-state index contributed by atoms with van der Waals surface area (Å²) < 4.78 is 7.20. The highest BCUT2D eigenvalue weighted by Crippen LogP contribution is 2.42. The van der Waals surface area contributed by atoms with E-state index < -0.39 is 0 Å². The molecular formula is C38H38Cl2N6O4. The third kappa shape index (κ3) is 6.86. The van der Waals surface area contributed by atoms with E-state index in [-0.39, 0.29) is 30.2 Å². The molecule has 50 heavy (non-hydrogen) atoms. The van der Waals surface area contributed by atoms with E-state index in [1.807, 2.05) is 60.7 Å². The molecule has 1 unspecified atom stereocenters. The van der Waals surface area contributed by atoms with Gasteiger partial charge in [0.1, 0.15) is 5.65 Å². The monoisotopic (exact) mass is 712 g/mol. The fourth-order valence-corrected chi connectivity index (χ4v) is 7.62. The smallest absolute Gasteiger partial charge is 0.262 e. The number of fused-ring (bicyclic) bond motifs is 1. The number of aliphatic hydroxyl groups is 1. The van der Waals surface area contributed by atoms with Crippen LogP contribution in [-0.4, -0.2) is 69.2 Å². The van der Waals surface area contributed by atoms with Crippen molar-refractivity contribution in [3.8, 4) is 39.4 Å². The quantitative estimate of drug-likeness (QED) is 0.159. The molecule has 2 atom stereocenters. The Balaban J connectivity index is 1.14. The van der Waals surface area contributed by atoms with Gasteiger partial charge in [0.05, 0.1) is 35.0 Å². The lowest BCUT2D eigenvalue weighted by molar-refractivity contribution is -0.119. The van der Waals surface area contributed by atoms with Crippen LogP contribution in [0.15, 0.2) is 77.9 Å². The van der Waals surface area contributed by atoms with Gasteiger partial charge in [0, 0.05) is 78.3 Å². The number of hydrogen-bond acceptors (Lipinski definition) is 8. The summed E-state index contributed by atoms with van der Waals surface area (Å²) in [7, 11) is 1.59. The van der Waals surface area contributed by atoms with Gasteiger partial charge in [0.25, 0.3) is 5.56 Å². The predicted octanol–water partition coefficient (Wildman–Crippen LogP) is 5.73. The van der Waals surface area contributed by atoms with Crippen LogP contribution in [0.5, 0.6) is 5.88 Å². The van der Waals surface area contributed by atoms with E-state index in [1.165, 1.54) is 0 Å². The fraction of sp³-hybridized carbons (Fsp3) is 0.316. The van der Waals surface area contributed by atoms with Gasteiger partial charge in [-0.05, 0) is 49.6 Å². The molecule has 1 amide bonds. The zero-order chi connectivity index (χ0) is 34.8. The van der Waals surface area contributed by atoms with Gasteiger partial charge in [0.2, 0.25) is 11.8 Å². The molecule has 2 fully saturated rings. The Morgan fingerprint density at radius 2 is 1.74 bits per heavy atom. The van der Waals surface area contributed by atoms with Crippen LogP contribution in [-0.2, 0) is 17.9 Å². The van der Waals surface area contributed by atoms with Crippen molar-refractivity contribution in [3.63, 3.8) is 0 Å². The molecule has 5 aromatic rings. The zero-order valence-corrected chi connectivity index (χ0v) is 29.2. The average molecular weight is 714 g/mol. The third-order valence-corrected chi connectivity index (χ3v) is 10.5. The van der Waals surface area contributed by atoms with Gasteiger partial charge in [-0.1, -0.05) is 65.7 Å². The van der Waals surface area contributed by atoms with Crippen molar-refractivity contribution in [2.24, 2.45) is 0 Å². The highest BCUT2D eigenvalue weighted by atomic mass is 35.5. The highest BCUT2D eigenvalue weighted by molar-refractivity contribution is 6.39. The lowest BCUT2D eigenvalue weighted by Crippen LogP contribution is -2.35. The van der Waals surface area contributed by atoms with Gasteiger partial charge in [-0.15, -0.1) is 0 Å². The second-order valence-corrected chi connectivity index (χ2v) is 13.6. The van der Waals surface area contributed by atoms with E-state index >= 15 is 0 Å². The number of aromatic nitrogens is 3. The molecule has 5 heterocycles. The number of nitrogens with zero attached hydrogens (tertiary/aromatic N) is 4. The van der Waals surface area contributed by atoms with Crippen LogP contribution >= 0.6 is 23.2 Å². The highest BCUT2D eigenvalue weighted by Gasteiger charge is 2.25. The molecule has 258 valence electrons. The zero-order valence-electron chi connectivity index (χ0n) is 27.7. The Labute approximate surface area is 300 Å². The van der Waals surface area contributed by atoms with Gasteiger partial charge in [-0.3, -0.25) is 18.9 Å². The van der Waals surface area contributed by atoms with Gasteiger partial charge < -0.3 is 20.5 Å². The topological polar surface area (TPSA) is 121 Å². The number of halogens is 2. The third-order valence-electron chi connectivity index (χ3n) is 9.66. The maximum absolute atomic E-state index is 13.4. The number of likely N-dealkylation sites (tertiary alicyclic amines) is 1. The molecule has 2 aliphatic heterocycles. The first-order valence-corrected chi connectivity index (χ1v) is 17.6. The van der Waals surface area contributed by atoms with Gasteiger partial charge in [-0.2, -0.15) is 0 Å². The minimum Gasteiger partial charge on any atom is -0.481 e. The molecule has 2 aliphatic rings. The number of benzene rings is 2. The lowest BCUT2D eigenvalue weighted by atomic mass is 9.97. The van der Waals surface area contributed by atoms with E-state index in [2.05, 4.69) is 20.5 Å².